The van der Waals surface area contributed by atoms with E-state index < -0.39 is 20.5 Å². The highest BCUT2D eigenvalue weighted by Crippen LogP contribution is 2.29. The number of hydrogen-bond acceptors (Lipinski definition) is 5. The number of benzene rings is 2. The molecule has 1 unspecified atom stereocenters. The number of halogens is 1. The number of fused-ring (bicyclic) bond motifs is 1. The van der Waals surface area contributed by atoms with E-state index >= 15 is 0 Å². The van der Waals surface area contributed by atoms with E-state index in [0.29, 0.717) is 29.7 Å². The number of hydroxylamine groups is 1. The zero-order valence-electron chi connectivity index (χ0n) is 16.7. The predicted molar refractivity (Wildman–Crippen MR) is 109 cm³/mol. The van der Waals surface area contributed by atoms with Gasteiger partial charge in [0.2, 0.25) is 0 Å². The Morgan fingerprint density at radius 1 is 1.23 bits per heavy atom. The second-order valence-electron chi connectivity index (χ2n) is 7.59. The third-order valence-corrected chi connectivity index (χ3v) is 7.74. The minimum absolute atomic E-state index is 0.0321. The molecule has 0 saturated heterocycles. The minimum Gasteiger partial charge on any atom is -0.338 e. The van der Waals surface area contributed by atoms with Gasteiger partial charge in [-0.15, -0.1) is 0 Å². The standard InChI is InChI=1S/C21H23FN2O5S/c1-21(20(26)23-27,30(2,28)29)10-12-24-11-9-15-13-14(7-8-17(15)19(24)25)16-5-3-4-6-18(16)22/h3-8,13,27H,9-12H2,1-2H3,(H,23,26). The van der Waals surface area contributed by atoms with E-state index in [2.05, 4.69) is 0 Å². The van der Waals surface area contributed by atoms with Gasteiger partial charge in [0, 0.05) is 30.5 Å². The van der Waals surface area contributed by atoms with Crippen molar-refractivity contribution in [1.82, 2.24) is 10.4 Å². The Balaban J connectivity index is 1.81. The fraction of sp³-hybridized carbons (Fsp3) is 0.333. The van der Waals surface area contributed by atoms with Crippen molar-refractivity contribution in [3.05, 3.63) is 59.4 Å². The fourth-order valence-electron chi connectivity index (χ4n) is 3.55. The average molecular weight is 434 g/mol. The predicted octanol–water partition coefficient (Wildman–Crippen LogP) is 2.19. The number of sulfone groups is 1. The number of carbonyl (C=O) groups is 2. The van der Waals surface area contributed by atoms with Crippen LogP contribution in [0, 0.1) is 5.82 Å². The lowest BCUT2D eigenvalue weighted by Gasteiger charge is -2.32. The van der Waals surface area contributed by atoms with Gasteiger partial charge in [0.05, 0.1) is 0 Å². The molecular weight excluding hydrogens is 411 g/mol. The van der Waals surface area contributed by atoms with Crippen molar-refractivity contribution in [3.63, 3.8) is 0 Å². The molecule has 160 valence electrons. The Bertz CT molecular complexity index is 1100. The molecule has 1 atom stereocenters. The van der Waals surface area contributed by atoms with Crippen LogP contribution in [0.2, 0.25) is 0 Å². The van der Waals surface area contributed by atoms with Crippen LogP contribution >= 0.6 is 0 Å². The van der Waals surface area contributed by atoms with Crippen molar-refractivity contribution in [1.29, 1.82) is 0 Å². The van der Waals surface area contributed by atoms with Gasteiger partial charge in [0.15, 0.2) is 14.6 Å². The molecule has 7 nitrogen and oxygen atoms in total. The van der Waals surface area contributed by atoms with Crippen molar-refractivity contribution in [2.24, 2.45) is 0 Å². The van der Waals surface area contributed by atoms with E-state index in [1.807, 2.05) is 0 Å². The van der Waals surface area contributed by atoms with Gasteiger partial charge in [0.1, 0.15) is 5.82 Å². The van der Waals surface area contributed by atoms with E-state index in [-0.39, 0.29) is 24.7 Å². The average Bonchev–Trinajstić information content (AvgIpc) is 2.71. The molecule has 30 heavy (non-hydrogen) atoms. The largest absolute Gasteiger partial charge is 0.338 e. The van der Waals surface area contributed by atoms with Gasteiger partial charge in [-0.2, -0.15) is 0 Å². The third-order valence-electron chi connectivity index (χ3n) is 5.72. The van der Waals surface area contributed by atoms with Gasteiger partial charge in [-0.25, -0.2) is 18.3 Å². The molecule has 2 N–H and O–H groups in total. The summed E-state index contributed by atoms with van der Waals surface area (Å²) < 4.78 is 36.4. The molecule has 1 aliphatic heterocycles. The first-order chi connectivity index (χ1) is 14.1. The van der Waals surface area contributed by atoms with Crippen LogP contribution in [0.5, 0.6) is 0 Å². The van der Waals surface area contributed by atoms with Gasteiger partial charge >= 0.3 is 0 Å². The van der Waals surface area contributed by atoms with Crippen molar-refractivity contribution < 1.29 is 27.6 Å². The van der Waals surface area contributed by atoms with Crippen LogP contribution in [0.1, 0.15) is 29.3 Å². The summed E-state index contributed by atoms with van der Waals surface area (Å²) in [6, 6.07) is 11.5. The Morgan fingerprint density at radius 2 is 1.93 bits per heavy atom. The third kappa shape index (κ3) is 3.95. The minimum atomic E-state index is -3.84. The van der Waals surface area contributed by atoms with Gasteiger partial charge in [-0.05, 0) is 43.0 Å². The van der Waals surface area contributed by atoms with Crippen LogP contribution in [-0.2, 0) is 21.1 Å². The summed E-state index contributed by atoms with van der Waals surface area (Å²) >= 11 is 0. The Kier molecular flexibility index (Phi) is 5.96. The first kappa shape index (κ1) is 21.9. The van der Waals surface area contributed by atoms with E-state index in [4.69, 9.17) is 5.21 Å². The van der Waals surface area contributed by atoms with E-state index in [9.17, 15) is 22.4 Å². The molecule has 0 aromatic heterocycles. The maximum atomic E-state index is 14.1. The summed E-state index contributed by atoms with van der Waals surface area (Å²) in [6.45, 7) is 1.59. The highest BCUT2D eigenvalue weighted by molar-refractivity contribution is 7.92. The van der Waals surface area contributed by atoms with Crippen molar-refractivity contribution >= 4 is 21.7 Å². The first-order valence-electron chi connectivity index (χ1n) is 9.40. The molecule has 0 spiro atoms. The SMILES string of the molecule is CC(CCN1CCc2cc(-c3ccccc3F)ccc2C1=O)(C(=O)NO)S(C)(=O)=O. The molecular formula is C21H23FN2O5S. The van der Waals surface area contributed by atoms with E-state index in [1.54, 1.807) is 36.4 Å². The summed E-state index contributed by atoms with van der Waals surface area (Å²) in [5.74, 6) is -1.66. The maximum Gasteiger partial charge on any atom is 0.264 e. The highest BCUT2D eigenvalue weighted by atomic mass is 32.2. The van der Waals surface area contributed by atoms with Crippen LogP contribution in [0.15, 0.2) is 42.5 Å². The molecule has 0 radical (unpaired) electrons. The van der Waals surface area contributed by atoms with Crippen molar-refractivity contribution in [3.8, 4) is 11.1 Å². The second kappa shape index (κ2) is 8.16. The molecule has 1 aliphatic rings. The van der Waals surface area contributed by atoms with Gasteiger partial charge in [-0.3, -0.25) is 14.8 Å². The summed E-state index contributed by atoms with van der Waals surface area (Å²) in [6.07, 6.45) is 1.28. The molecule has 1 heterocycles. The Morgan fingerprint density at radius 3 is 2.57 bits per heavy atom. The van der Waals surface area contributed by atoms with Crippen LogP contribution < -0.4 is 5.48 Å². The van der Waals surface area contributed by atoms with E-state index in [0.717, 1.165) is 11.8 Å². The van der Waals surface area contributed by atoms with Crippen LogP contribution in [0.4, 0.5) is 4.39 Å². The topological polar surface area (TPSA) is 104 Å². The normalized spacial score (nSPS) is 16.0. The zero-order chi connectivity index (χ0) is 22.1. The Hall–Kier alpha value is -2.78. The Labute approximate surface area is 174 Å². The quantitative estimate of drug-likeness (QED) is 0.536. The van der Waals surface area contributed by atoms with Gasteiger partial charge < -0.3 is 4.90 Å². The summed E-state index contributed by atoms with van der Waals surface area (Å²) in [7, 11) is -3.84. The highest BCUT2D eigenvalue weighted by Gasteiger charge is 2.44. The molecule has 0 bridgehead atoms. The zero-order valence-corrected chi connectivity index (χ0v) is 17.5. The number of rotatable bonds is 6. The molecule has 2 aromatic rings. The molecule has 3 rings (SSSR count). The fourth-order valence-corrected chi connectivity index (χ4v) is 4.39. The lowest BCUT2D eigenvalue weighted by molar-refractivity contribution is -0.131. The van der Waals surface area contributed by atoms with E-state index in [1.165, 1.54) is 23.4 Å². The number of amides is 2. The molecule has 2 aromatic carbocycles. The lowest BCUT2D eigenvalue weighted by atomic mass is 9.93. The lowest BCUT2D eigenvalue weighted by Crippen LogP contribution is -2.51. The summed E-state index contributed by atoms with van der Waals surface area (Å²) in [5, 5.41) is 8.92. The van der Waals surface area contributed by atoms with Gasteiger partial charge in [0.25, 0.3) is 11.8 Å². The number of nitrogens with one attached hydrogen (secondary N) is 1. The molecule has 0 saturated carbocycles. The number of carbonyl (C=O) groups excluding carboxylic acids is 2. The summed E-state index contributed by atoms with van der Waals surface area (Å²) in [5.41, 5.74) is 3.79. The van der Waals surface area contributed by atoms with Crippen LogP contribution in [0.3, 0.4) is 0 Å². The van der Waals surface area contributed by atoms with Crippen molar-refractivity contribution in [2.45, 2.75) is 24.5 Å². The smallest absolute Gasteiger partial charge is 0.264 e. The second-order valence-corrected chi connectivity index (χ2v) is 10.0. The van der Waals surface area contributed by atoms with Crippen LogP contribution in [-0.4, -0.2) is 54.4 Å². The first-order valence-corrected chi connectivity index (χ1v) is 11.3. The van der Waals surface area contributed by atoms with Gasteiger partial charge in [-0.1, -0.05) is 30.3 Å². The maximum absolute atomic E-state index is 14.1. The van der Waals surface area contributed by atoms with Crippen molar-refractivity contribution in [2.75, 3.05) is 19.3 Å². The van der Waals surface area contributed by atoms with Crippen LogP contribution in [0.25, 0.3) is 11.1 Å². The monoisotopic (exact) mass is 434 g/mol. The number of nitrogens with zero attached hydrogens (tertiary/aromatic N) is 1. The number of hydrogen-bond donors (Lipinski definition) is 2. The molecule has 2 amide bonds. The summed E-state index contributed by atoms with van der Waals surface area (Å²) in [4.78, 5) is 26.3. The molecule has 0 aliphatic carbocycles. The molecule has 0 fully saturated rings. The molecule has 9 heteroatoms.